The summed E-state index contributed by atoms with van der Waals surface area (Å²) in [5, 5.41) is 12.9. The first-order valence-electron chi connectivity index (χ1n) is 7.05. The van der Waals surface area contributed by atoms with Crippen molar-refractivity contribution in [3.05, 3.63) is 65.7 Å². The molecule has 24 heavy (non-hydrogen) atoms. The first kappa shape index (κ1) is 17.8. The molecule has 0 radical (unpaired) electrons. The summed E-state index contributed by atoms with van der Waals surface area (Å²) >= 11 is 0. The molecule has 0 aliphatic carbocycles. The van der Waals surface area contributed by atoms with Gasteiger partial charge in [0.2, 0.25) is 0 Å². The molecule has 0 saturated carbocycles. The fraction of sp³-hybridized carbons (Fsp3) is 0.235. The molecule has 0 aromatic heterocycles. The second kappa shape index (κ2) is 6.92. The van der Waals surface area contributed by atoms with E-state index in [-0.39, 0.29) is 0 Å². The second-order valence-electron chi connectivity index (χ2n) is 5.12. The van der Waals surface area contributed by atoms with Crippen LogP contribution in [0.5, 0.6) is 0 Å². The first-order valence-corrected chi connectivity index (χ1v) is 7.05. The lowest BCUT2D eigenvalue weighted by Gasteiger charge is -2.28. The molecular weight excluding hydrogens is 323 g/mol. The quantitative estimate of drug-likeness (QED) is 0.821. The van der Waals surface area contributed by atoms with Crippen LogP contribution in [0.25, 0.3) is 0 Å². The van der Waals surface area contributed by atoms with Crippen LogP contribution < -0.4 is 5.32 Å². The maximum Gasteiger partial charge on any atom is 0.432 e. The van der Waals surface area contributed by atoms with Gasteiger partial charge in [0.05, 0.1) is 7.11 Å². The Morgan fingerprint density at radius 1 is 1.08 bits per heavy atom. The number of rotatable bonds is 5. The van der Waals surface area contributed by atoms with Crippen LogP contribution in [0.15, 0.2) is 54.6 Å². The Morgan fingerprint density at radius 3 is 2.17 bits per heavy atom. The lowest BCUT2D eigenvalue weighted by atomic mass is 9.93. The molecule has 2 aromatic rings. The fourth-order valence-electron chi connectivity index (χ4n) is 2.17. The lowest BCUT2D eigenvalue weighted by Crippen LogP contribution is -2.49. The highest BCUT2D eigenvalue weighted by Gasteiger charge is 2.62. The smallest absolute Gasteiger partial charge is 0.432 e. The Labute approximate surface area is 136 Å². The van der Waals surface area contributed by atoms with Crippen LogP contribution in [0.1, 0.15) is 11.1 Å². The summed E-state index contributed by atoms with van der Waals surface area (Å²) < 4.78 is 43.5. The predicted molar refractivity (Wildman–Crippen MR) is 82.2 cm³/mol. The third kappa shape index (κ3) is 3.51. The summed E-state index contributed by atoms with van der Waals surface area (Å²) in [6, 6.07) is 14.2. The molecule has 0 bridgehead atoms. The van der Waals surface area contributed by atoms with Gasteiger partial charge in [0.15, 0.2) is 0 Å². The van der Waals surface area contributed by atoms with Gasteiger partial charge in [-0.3, -0.25) is 0 Å². The normalized spacial score (nSPS) is 13.9. The van der Waals surface area contributed by atoms with Crippen LogP contribution in [0, 0.1) is 0 Å². The molecule has 0 fully saturated rings. The van der Waals surface area contributed by atoms with Crippen LogP contribution in [0.2, 0.25) is 0 Å². The van der Waals surface area contributed by atoms with E-state index >= 15 is 0 Å². The van der Waals surface area contributed by atoms with Crippen LogP contribution in [-0.4, -0.2) is 24.4 Å². The lowest BCUT2D eigenvalue weighted by molar-refractivity contribution is -0.266. The monoisotopic (exact) mass is 339 g/mol. The van der Waals surface area contributed by atoms with Gasteiger partial charge in [-0.05, 0) is 17.7 Å². The minimum Gasteiger partial charge on any atom is -0.466 e. The van der Waals surface area contributed by atoms with Crippen molar-refractivity contribution in [3.8, 4) is 0 Å². The van der Waals surface area contributed by atoms with Crippen LogP contribution in [0.3, 0.4) is 0 Å². The molecule has 2 rings (SSSR count). The highest BCUT2D eigenvalue weighted by atomic mass is 19.4. The molecule has 0 amide bonds. The van der Waals surface area contributed by atoms with E-state index in [0.717, 1.165) is 24.8 Å². The number of anilines is 1. The van der Waals surface area contributed by atoms with Crippen LogP contribution >= 0.6 is 0 Å². The second-order valence-corrected chi connectivity index (χ2v) is 5.12. The van der Waals surface area contributed by atoms with Crippen molar-refractivity contribution < 1.29 is 27.8 Å². The van der Waals surface area contributed by atoms with Crippen molar-refractivity contribution in [1.29, 1.82) is 0 Å². The topological polar surface area (TPSA) is 58.6 Å². The van der Waals surface area contributed by atoms with Crippen molar-refractivity contribution in [2.45, 2.75) is 18.3 Å². The largest absolute Gasteiger partial charge is 0.466 e. The summed E-state index contributed by atoms with van der Waals surface area (Å²) in [5.74, 6) is -1.78. The van der Waals surface area contributed by atoms with E-state index in [2.05, 4.69) is 10.1 Å². The maximum atomic E-state index is 13.1. The number of methoxy groups -OCH3 is 1. The number of aliphatic hydroxyl groups is 1. The van der Waals surface area contributed by atoms with Crippen molar-refractivity contribution in [3.63, 3.8) is 0 Å². The molecule has 2 N–H and O–H groups in total. The minimum atomic E-state index is -5.20. The number of carbonyl (C=O) groups excluding carboxylic acids is 1. The average molecular weight is 339 g/mol. The molecule has 0 heterocycles. The van der Waals surface area contributed by atoms with Gasteiger partial charge in [-0.2, -0.15) is 13.2 Å². The molecule has 128 valence electrons. The predicted octanol–water partition coefficient (Wildman–Crippen LogP) is 3.22. The van der Waals surface area contributed by atoms with Crippen LogP contribution in [0.4, 0.5) is 18.9 Å². The van der Waals surface area contributed by atoms with Gasteiger partial charge >= 0.3 is 12.1 Å². The van der Waals surface area contributed by atoms with Crippen molar-refractivity contribution >= 4 is 11.7 Å². The van der Waals surface area contributed by atoms with Crippen LogP contribution in [-0.2, 0) is 21.7 Å². The molecule has 0 aliphatic rings. The van der Waals surface area contributed by atoms with Gasteiger partial charge in [0.1, 0.15) is 0 Å². The zero-order valence-electron chi connectivity index (χ0n) is 12.8. The molecule has 4 nitrogen and oxygen atoms in total. The Morgan fingerprint density at radius 2 is 1.67 bits per heavy atom. The minimum absolute atomic E-state index is 0.487. The number of hydrogen-bond acceptors (Lipinski definition) is 4. The highest BCUT2D eigenvalue weighted by Crippen LogP contribution is 2.40. The summed E-state index contributed by atoms with van der Waals surface area (Å²) in [5.41, 5.74) is -2.74. The summed E-state index contributed by atoms with van der Waals surface area (Å²) in [6.07, 6.45) is -5.20. The fourth-order valence-corrected chi connectivity index (χ4v) is 2.17. The zero-order chi connectivity index (χ0) is 17.8. The molecule has 0 unspecified atom stereocenters. The third-order valence-electron chi connectivity index (χ3n) is 3.53. The molecule has 7 heteroatoms. The van der Waals surface area contributed by atoms with Gasteiger partial charge in [-0.1, -0.05) is 42.5 Å². The number of hydrogen-bond donors (Lipinski definition) is 2. The molecular formula is C17H16F3NO3. The van der Waals surface area contributed by atoms with Crippen molar-refractivity contribution in [1.82, 2.24) is 0 Å². The number of nitrogens with one attached hydrogen (secondary N) is 1. The summed E-state index contributed by atoms with van der Waals surface area (Å²) in [6.45, 7) is 0.487. The van der Waals surface area contributed by atoms with Crippen molar-refractivity contribution in [2.24, 2.45) is 0 Å². The molecule has 0 aliphatic heterocycles. The number of halogens is 3. The number of carbonyl (C=O) groups is 1. The van der Waals surface area contributed by atoms with E-state index in [1.807, 2.05) is 30.3 Å². The van der Waals surface area contributed by atoms with Gasteiger partial charge in [0.25, 0.3) is 5.60 Å². The van der Waals surface area contributed by atoms with E-state index in [0.29, 0.717) is 12.2 Å². The summed E-state index contributed by atoms with van der Waals surface area (Å²) in [4.78, 5) is 11.5. The van der Waals surface area contributed by atoms with E-state index in [9.17, 15) is 23.1 Å². The van der Waals surface area contributed by atoms with Crippen molar-refractivity contribution in [2.75, 3.05) is 12.4 Å². The zero-order valence-corrected chi connectivity index (χ0v) is 12.8. The standard InChI is InChI=1S/C17H16F3NO3/c1-24-15(22)16(23,17(18,19)20)13-7-9-14(10-8-13)21-11-12-5-3-2-4-6-12/h2-10,21,23H,11H2,1H3/t16-/m0/s1. The van der Waals surface area contributed by atoms with E-state index in [1.54, 1.807) is 0 Å². The van der Waals surface area contributed by atoms with E-state index < -0.39 is 23.3 Å². The van der Waals surface area contributed by atoms with Gasteiger partial charge in [-0.25, -0.2) is 4.79 Å². The molecule has 0 spiro atoms. The SMILES string of the molecule is COC(=O)[C@@](O)(c1ccc(NCc2ccccc2)cc1)C(F)(F)F. The highest BCUT2D eigenvalue weighted by molar-refractivity contribution is 5.82. The van der Waals surface area contributed by atoms with Gasteiger partial charge in [-0.15, -0.1) is 0 Å². The van der Waals surface area contributed by atoms with Gasteiger partial charge < -0.3 is 15.2 Å². The molecule has 1 atom stereocenters. The number of alkyl halides is 3. The Hall–Kier alpha value is -2.54. The first-order chi connectivity index (χ1) is 11.3. The third-order valence-corrected chi connectivity index (χ3v) is 3.53. The maximum absolute atomic E-state index is 13.1. The average Bonchev–Trinajstić information content (AvgIpc) is 2.59. The molecule has 0 saturated heterocycles. The Bertz CT molecular complexity index is 686. The number of esters is 1. The summed E-state index contributed by atoms with van der Waals surface area (Å²) in [7, 11) is 0.787. The number of ether oxygens (including phenoxy) is 1. The van der Waals surface area contributed by atoms with Gasteiger partial charge in [0, 0.05) is 17.8 Å². The van der Waals surface area contributed by atoms with E-state index in [1.165, 1.54) is 12.1 Å². The molecule has 2 aromatic carbocycles. The Balaban J connectivity index is 2.19. The number of benzene rings is 2. The van der Waals surface area contributed by atoms with E-state index in [4.69, 9.17) is 0 Å². The Kier molecular flexibility index (Phi) is 5.14.